The molecule has 2 aromatic rings. The van der Waals surface area contributed by atoms with Gasteiger partial charge in [-0.15, -0.1) is 0 Å². The van der Waals surface area contributed by atoms with Gasteiger partial charge in [0.15, 0.2) is 0 Å². The van der Waals surface area contributed by atoms with Crippen molar-refractivity contribution in [3.8, 4) is 0 Å². The fourth-order valence-corrected chi connectivity index (χ4v) is 2.59. The van der Waals surface area contributed by atoms with Gasteiger partial charge in [-0.25, -0.2) is 0 Å². The maximum atomic E-state index is 6.45. The summed E-state index contributed by atoms with van der Waals surface area (Å²) in [6.07, 6.45) is 2.06. The highest BCUT2D eigenvalue weighted by Gasteiger charge is 2.13. The molecule has 0 radical (unpaired) electrons. The second kappa shape index (κ2) is 6.36. The van der Waals surface area contributed by atoms with Crippen LogP contribution in [0.25, 0.3) is 0 Å². The van der Waals surface area contributed by atoms with Gasteiger partial charge in [-0.1, -0.05) is 60.1 Å². The Kier molecular flexibility index (Phi) is 4.78. The molecule has 0 aliphatic rings. The highest BCUT2D eigenvalue weighted by atomic mass is 79.9. The van der Waals surface area contributed by atoms with Crippen LogP contribution in [0.4, 0.5) is 0 Å². The minimum atomic E-state index is -0.0467. The van der Waals surface area contributed by atoms with Crippen LogP contribution in [0.15, 0.2) is 46.9 Å². The van der Waals surface area contributed by atoms with Crippen LogP contribution in [0.3, 0.4) is 0 Å². The van der Waals surface area contributed by atoms with Crippen LogP contribution in [0.2, 0.25) is 0 Å². The van der Waals surface area contributed by atoms with Crippen molar-refractivity contribution >= 4 is 15.9 Å². The van der Waals surface area contributed by atoms with Gasteiger partial charge in [-0.2, -0.15) is 0 Å². The lowest BCUT2D eigenvalue weighted by Gasteiger charge is -2.18. The molecule has 0 aromatic heterocycles. The lowest BCUT2D eigenvalue weighted by molar-refractivity contribution is 0.845. The molecule has 0 fully saturated rings. The molecular formula is C17H20BrN. The maximum absolute atomic E-state index is 6.45. The molecule has 19 heavy (non-hydrogen) atoms. The molecule has 1 atom stereocenters. The Morgan fingerprint density at radius 2 is 1.68 bits per heavy atom. The number of hydrogen-bond acceptors (Lipinski definition) is 1. The van der Waals surface area contributed by atoms with Crippen LogP contribution in [-0.2, 0) is 12.8 Å². The second-order valence-electron chi connectivity index (χ2n) is 4.77. The Hall–Kier alpha value is -1.12. The van der Waals surface area contributed by atoms with Gasteiger partial charge in [0.25, 0.3) is 0 Å². The summed E-state index contributed by atoms with van der Waals surface area (Å²) in [6.45, 7) is 4.36. The first kappa shape index (κ1) is 14.3. The molecular weight excluding hydrogens is 298 g/mol. The summed E-state index contributed by atoms with van der Waals surface area (Å²) in [5.41, 5.74) is 11.6. The van der Waals surface area contributed by atoms with Crippen molar-refractivity contribution in [1.82, 2.24) is 0 Å². The minimum Gasteiger partial charge on any atom is -0.320 e. The van der Waals surface area contributed by atoms with Crippen LogP contribution in [0.5, 0.6) is 0 Å². The summed E-state index contributed by atoms with van der Waals surface area (Å²) in [7, 11) is 0. The highest BCUT2D eigenvalue weighted by molar-refractivity contribution is 9.10. The summed E-state index contributed by atoms with van der Waals surface area (Å²) in [4.78, 5) is 0. The lowest BCUT2D eigenvalue weighted by Crippen LogP contribution is -2.14. The van der Waals surface area contributed by atoms with Crippen molar-refractivity contribution < 1.29 is 0 Å². The largest absolute Gasteiger partial charge is 0.320 e. The van der Waals surface area contributed by atoms with E-state index in [-0.39, 0.29) is 6.04 Å². The molecule has 0 heterocycles. The Bertz CT molecular complexity index is 546. The molecule has 0 saturated heterocycles. The lowest BCUT2D eigenvalue weighted by atomic mass is 9.92. The Morgan fingerprint density at radius 3 is 2.26 bits per heavy atom. The van der Waals surface area contributed by atoms with Gasteiger partial charge in [-0.05, 0) is 47.2 Å². The summed E-state index contributed by atoms with van der Waals surface area (Å²) >= 11 is 3.46. The van der Waals surface area contributed by atoms with Gasteiger partial charge >= 0.3 is 0 Å². The monoisotopic (exact) mass is 317 g/mol. The number of aryl methyl sites for hydroxylation is 2. The molecule has 100 valence electrons. The van der Waals surface area contributed by atoms with Gasteiger partial charge in [0.05, 0.1) is 6.04 Å². The van der Waals surface area contributed by atoms with Crippen LogP contribution < -0.4 is 5.73 Å². The number of rotatable bonds is 4. The zero-order valence-electron chi connectivity index (χ0n) is 11.5. The number of nitrogens with two attached hydrogens (primary N) is 1. The molecule has 2 heteroatoms. The zero-order valence-corrected chi connectivity index (χ0v) is 13.1. The number of hydrogen-bond donors (Lipinski definition) is 1. The summed E-state index contributed by atoms with van der Waals surface area (Å²) in [6, 6.07) is 14.9. The molecule has 0 aliphatic heterocycles. The maximum Gasteiger partial charge on any atom is 0.0554 e. The van der Waals surface area contributed by atoms with Gasteiger partial charge in [0.2, 0.25) is 0 Å². The van der Waals surface area contributed by atoms with Gasteiger partial charge in [0.1, 0.15) is 0 Å². The van der Waals surface area contributed by atoms with E-state index < -0.39 is 0 Å². The third-order valence-corrected chi connectivity index (χ3v) is 4.09. The SMILES string of the molecule is CCc1ccc(CC)c(C(N)c2ccc(Br)cc2)c1. The van der Waals surface area contributed by atoms with E-state index in [1.165, 1.54) is 16.7 Å². The first-order valence-corrected chi connectivity index (χ1v) is 7.57. The molecule has 2 aromatic carbocycles. The van der Waals surface area contributed by atoms with Crippen molar-refractivity contribution in [2.45, 2.75) is 32.7 Å². The molecule has 0 bridgehead atoms. The van der Waals surface area contributed by atoms with Crippen LogP contribution in [0.1, 0.15) is 42.1 Å². The Morgan fingerprint density at radius 1 is 1.00 bits per heavy atom. The van der Waals surface area contributed by atoms with Gasteiger partial charge in [0, 0.05) is 4.47 Å². The summed E-state index contributed by atoms with van der Waals surface area (Å²) in [5.74, 6) is 0. The van der Waals surface area contributed by atoms with Gasteiger partial charge < -0.3 is 5.73 Å². The van der Waals surface area contributed by atoms with Crippen LogP contribution >= 0.6 is 15.9 Å². The quantitative estimate of drug-likeness (QED) is 0.874. The Labute approximate surface area is 124 Å². The molecule has 2 N–H and O–H groups in total. The van der Waals surface area contributed by atoms with E-state index in [9.17, 15) is 0 Å². The first-order chi connectivity index (χ1) is 9.15. The zero-order chi connectivity index (χ0) is 13.8. The smallest absolute Gasteiger partial charge is 0.0554 e. The number of halogens is 1. The predicted molar refractivity (Wildman–Crippen MR) is 85.4 cm³/mol. The molecule has 1 nitrogen and oxygen atoms in total. The van der Waals surface area contributed by atoms with E-state index in [1.54, 1.807) is 0 Å². The van der Waals surface area contributed by atoms with Crippen molar-refractivity contribution in [2.75, 3.05) is 0 Å². The van der Waals surface area contributed by atoms with Crippen molar-refractivity contribution in [3.63, 3.8) is 0 Å². The van der Waals surface area contributed by atoms with Crippen molar-refractivity contribution in [1.29, 1.82) is 0 Å². The van der Waals surface area contributed by atoms with E-state index >= 15 is 0 Å². The van der Waals surface area contributed by atoms with E-state index in [0.29, 0.717) is 0 Å². The normalized spacial score (nSPS) is 12.4. The van der Waals surface area contributed by atoms with Crippen molar-refractivity contribution in [3.05, 3.63) is 69.2 Å². The molecule has 1 unspecified atom stereocenters. The van der Waals surface area contributed by atoms with Gasteiger partial charge in [-0.3, -0.25) is 0 Å². The third kappa shape index (κ3) is 3.26. The van der Waals surface area contributed by atoms with E-state index in [0.717, 1.165) is 22.9 Å². The molecule has 2 rings (SSSR count). The Balaban J connectivity index is 2.41. The fraction of sp³-hybridized carbons (Fsp3) is 0.294. The topological polar surface area (TPSA) is 26.0 Å². The van der Waals surface area contributed by atoms with Crippen LogP contribution in [0, 0.1) is 0 Å². The standard InChI is InChI=1S/C17H20BrN/c1-3-12-5-6-13(4-2)16(11-12)17(19)14-7-9-15(18)10-8-14/h5-11,17H,3-4,19H2,1-2H3. The average molecular weight is 318 g/mol. The molecule has 0 aliphatic carbocycles. The second-order valence-corrected chi connectivity index (χ2v) is 5.69. The number of benzene rings is 2. The average Bonchev–Trinajstić information content (AvgIpc) is 2.46. The molecule has 0 saturated carbocycles. The molecule has 0 spiro atoms. The summed E-state index contributed by atoms with van der Waals surface area (Å²) in [5, 5.41) is 0. The van der Waals surface area contributed by atoms with Crippen molar-refractivity contribution in [2.24, 2.45) is 5.73 Å². The van der Waals surface area contributed by atoms with E-state index in [4.69, 9.17) is 5.73 Å². The third-order valence-electron chi connectivity index (χ3n) is 3.56. The van der Waals surface area contributed by atoms with E-state index in [2.05, 4.69) is 60.1 Å². The fourth-order valence-electron chi connectivity index (χ4n) is 2.33. The minimum absolute atomic E-state index is 0.0467. The highest BCUT2D eigenvalue weighted by Crippen LogP contribution is 2.26. The first-order valence-electron chi connectivity index (χ1n) is 6.78. The molecule has 0 amide bonds. The van der Waals surface area contributed by atoms with Crippen LogP contribution in [-0.4, -0.2) is 0 Å². The van der Waals surface area contributed by atoms with E-state index in [1.807, 2.05) is 12.1 Å². The predicted octanol–water partition coefficient (Wildman–Crippen LogP) is 4.62. The summed E-state index contributed by atoms with van der Waals surface area (Å²) < 4.78 is 1.08.